The van der Waals surface area contributed by atoms with Crippen molar-refractivity contribution in [3.63, 3.8) is 0 Å². The summed E-state index contributed by atoms with van der Waals surface area (Å²) in [5.74, 6) is -0.854. The zero-order valence-corrected chi connectivity index (χ0v) is 16.1. The Morgan fingerprint density at radius 3 is 1.25 bits per heavy atom. The summed E-state index contributed by atoms with van der Waals surface area (Å²) in [7, 11) is 0. The summed E-state index contributed by atoms with van der Waals surface area (Å²) >= 11 is 12.3. The maximum Gasteiger partial charge on any atom is 0.206 e. The number of allylic oxidation sites excluding steroid dienone is 6. The number of ketones is 2. The van der Waals surface area contributed by atoms with E-state index in [-0.39, 0.29) is 21.2 Å². The molecular formula is C18H24Cl2N2O2. The van der Waals surface area contributed by atoms with Gasteiger partial charge in [-0.3, -0.25) is 9.59 Å². The Labute approximate surface area is 154 Å². The van der Waals surface area contributed by atoms with E-state index in [9.17, 15) is 9.59 Å². The number of carbonyl (C=O) groups is 2. The van der Waals surface area contributed by atoms with Gasteiger partial charge in [0.05, 0.1) is 10.1 Å². The van der Waals surface area contributed by atoms with Gasteiger partial charge in [-0.1, -0.05) is 23.2 Å². The van der Waals surface area contributed by atoms with E-state index < -0.39 is 11.6 Å². The molecule has 4 nitrogen and oxygen atoms in total. The molecule has 0 fully saturated rings. The minimum absolute atomic E-state index is 0.0907. The van der Waals surface area contributed by atoms with Crippen molar-refractivity contribution in [2.45, 2.75) is 27.7 Å². The molecule has 24 heavy (non-hydrogen) atoms. The van der Waals surface area contributed by atoms with Crippen molar-refractivity contribution in [1.82, 2.24) is 9.80 Å². The van der Waals surface area contributed by atoms with Gasteiger partial charge in [-0.15, -0.1) is 0 Å². The van der Waals surface area contributed by atoms with Crippen molar-refractivity contribution in [1.29, 1.82) is 0 Å². The lowest BCUT2D eigenvalue weighted by molar-refractivity contribution is -0.115. The summed E-state index contributed by atoms with van der Waals surface area (Å²) < 4.78 is 0. The molecule has 0 amide bonds. The van der Waals surface area contributed by atoms with Crippen molar-refractivity contribution in [3.8, 4) is 0 Å². The van der Waals surface area contributed by atoms with Crippen molar-refractivity contribution in [2.75, 3.05) is 26.2 Å². The maximum absolute atomic E-state index is 12.5. The third-order valence-corrected chi connectivity index (χ3v) is 4.64. The van der Waals surface area contributed by atoms with Gasteiger partial charge < -0.3 is 9.80 Å². The standard InChI is InChI=1S/C18H24Cl2N2O2/c1-5-21(6-2)11-9-13-15(19)18(24)14(16(20)17(13)23)10-12-22(7-3)8-4/h9-12H,5-8H2,1-4H3/b11-9+,12-10+. The van der Waals surface area contributed by atoms with Crippen LogP contribution in [0.5, 0.6) is 0 Å². The second-order valence-electron chi connectivity index (χ2n) is 5.19. The Morgan fingerprint density at radius 1 is 0.708 bits per heavy atom. The fourth-order valence-electron chi connectivity index (χ4n) is 2.21. The van der Waals surface area contributed by atoms with E-state index in [1.807, 2.05) is 37.5 Å². The van der Waals surface area contributed by atoms with Crippen LogP contribution >= 0.6 is 23.2 Å². The molecule has 1 rings (SSSR count). The summed E-state index contributed by atoms with van der Waals surface area (Å²) in [5, 5.41) is -0.181. The molecule has 0 aromatic carbocycles. The molecule has 0 radical (unpaired) electrons. The van der Waals surface area contributed by atoms with E-state index in [4.69, 9.17) is 23.2 Å². The van der Waals surface area contributed by atoms with Crippen molar-refractivity contribution in [2.24, 2.45) is 0 Å². The number of halogens is 2. The first-order chi connectivity index (χ1) is 11.4. The van der Waals surface area contributed by atoms with Gasteiger partial charge in [0.25, 0.3) is 0 Å². The molecule has 1 aliphatic carbocycles. The fraction of sp³-hybridized carbons (Fsp3) is 0.444. The Kier molecular flexibility index (Phi) is 8.29. The molecule has 132 valence electrons. The minimum Gasteiger partial charge on any atom is -0.378 e. The van der Waals surface area contributed by atoms with Crippen LogP contribution in [-0.2, 0) is 9.59 Å². The van der Waals surface area contributed by atoms with Gasteiger partial charge in [0.2, 0.25) is 11.6 Å². The highest BCUT2D eigenvalue weighted by atomic mass is 35.5. The van der Waals surface area contributed by atoms with E-state index in [1.54, 1.807) is 24.6 Å². The van der Waals surface area contributed by atoms with Gasteiger partial charge in [-0.2, -0.15) is 0 Å². The van der Waals surface area contributed by atoms with Crippen LogP contribution in [0.1, 0.15) is 27.7 Å². The average molecular weight is 371 g/mol. The normalized spacial score (nSPS) is 16.1. The Bertz CT molecular complexity index is 557. The van der Waals surface area contributed by atoms with E-state index in [0.29, 0.717) is 0 Å². The second-order valence-corrected chi connectivity index (χ2v) is 5.94. The molecule has 0 unspecified atom stereocenters. The number of rotatable bonds is 8. The van der Waals surface area contributed by atoms with E-state index >= 15 is 0 Å². The third kappa shape index (κ3) is 4.74. The topological polar surface area (TPSA) is 40.6 Å². The summed E-state index contributed by atoms with van der Waals surface area (Å²) in [6, 6.07) is 0. The first-order valence-corrected chi connectivity index (χ1v) is 8.90. The maximum atomic E-state index is 12.5. The number of hydrogen-bond acceptors (Lipinski definition) is 4. The Morgan fingerprint density at radius 2 is 1.00 bits per heavy atom. The number of Topliss-reactive ketones (excluding diaryl/α,β-unsaturated/α-hetero) is 2. The first kappa shape index (κ1) is 20.5. The van der Waals surface area contributed by atoms with Gasteiger partial charge in [0.1, 0.15) is 0 Å². The van der Waals surface area contributed by atoms with Crippen LogP contribution in [0.3, 0.4) is 0 Å². The molecule has 0 aromatic rings. The number of carbonyl (C=O) groups excluding carboxylic acids is 2. The molecule has 0 spiro atoms. The molecule has 0 atom stereocenters. The highest BCUT2D eigenvalue weighted by Crippen LogP contribution is 2.30. The highest BCUT2D eigenvalue weighted by Gasteiger charge is 2.30. The molecule has 0 aliphatic heterocycles. The number of hydrogen-bond donors (Lipinski definition) is 0. The van der Waals surface area contributed by atoms with Crippen molar-refractivity contribution < 1.29 is 9.59 Å². The molecule has 0 saturated carbocycles. The predicted molar refractivity (Wildman–Crippen MR) is 99.9 cm³/mol. The quantitative estimate of drug-likeness (QED) is 0.608. The van der Waals surface area contributed by atoms with E-state index in [0.717, 1.165) is 26.2 Å². The van der Waals surface area contributed by atoms with Gasteiger partial charge in [-0.05, 0) is 52.2 Å². The lowest BCUT2D eigenvalue weighted by Crippen LogP contribution is -2.21. The Balaban J connectivity index is 3.13. The van der Waals surface area contributed by atoms with Crippen LogP contribution in [0.15, 0.2) is 45.8 Å². The lowest BCUT2D eigenvalue weighted by Gasteiger charge is -2.18. The molecule has 0 heterocycles. The lowest BCUT2D eigenvalue weighted by atomic mass is 9.96. The first-order valence-electron chi connectivity index (χ1n) is 8.14. The molecular weight excluding hydrogens is 347 g/mol. The smallest absolute Gasteiger partial charge is 0.206 e. The van der Waals surface area contributed by atoms with Crippen LogP contribution in [0.4, 0.5) is 0 Å². The van der Waals surface area contributed by atoms with Crippen LogP contribution < -0.4 is 0 Å². The van der Waals surface area contributed by atoms with Gasteiger partial charge in [0.15, 0.2) is 0 Å². The number of nitrogens with zero attached hydrogens (tertiary/aromatic N) is 2. The molecule has 0 bridgehead atoms. The van der Waals surface area contributed by atoms with Crippen molar-refractivity contribution >= 4 is 34.8 Å². The summed E-state index contributed by atoms with van der Waals surface area (Å²) in [6.45, 7) is 11.2. The second kappa shape index (κ2) is 9.70. The summed E-state index contributed by atoms with van der Waals surface area (Å²) in [4.78, 5) is 28.9. The summed E-state index contributed by atoms with van der Waals surface area (Å²) in [5.41, 5.74) is 0.275. The zero-order valence-electron chi connectivity index (χ0n) is 14.6. The molecule has 0 saturated heterocycles. The molecule has 1 aliphatic rings. The average Bonchev–Trinajstić information content (AvgIpc) is 2.59. The van der Waals surface area contributed by atoms with E-state index in [2.05, 4.69) is 0 Å². The van der Waals surface area contributed by atoms with Crippen LogP contribution in [0, 0.1) is 0 Å². The molecule has 0 aromatic heterocycles. The van der Waals surface area contributed by atoms with Crippen LogP contribution in [0.2, 0.25) is 0 Å². The summed E-state index contributed by atoms with van der Waals surface area (Å²) in [6.07, 6.45) is 6.62. The van der Waals surface area contributed by atoms with Crippen LogP contribution in [0.25, 0.3) is 0 Å². The van der Waals surface area contributed by atoms with Crippen LogP contribution in [-0.4, -0.2) is 47.5 Å². The van der Waals surface area contributed by atoms with Crippen molar-refractivity contribution in [3.05, 3.63) is 45.8 Å². The highest BCUT2D eigenvalue weighted by molar-refractivity contribution is 6.56. The Hall–Kier alpha value is -1.52. The van der Waals surface area contributed by atoms with Gasteiger partial charge in [0, 0.05) is 37.3 Å². The monoisotopic (exact) mass is 370 g/mol. The minimum atomic E-state index is -0.427. The largest absolute Gasteiger partial charge is 0.378 e. The molecule has 6 heteroatoms. The zero-order chi connectivity index (χ0) is 18.3. The van der Waals surface area contributed by atoms with E-state index in [1.165, 1.54) is 0 Å². The fourth-order valence-corrected chi connectivity index (χ4v) is 2.71. The SMILES string of the molecule is CCN(/C=C/C1=C(Cl)C(=O)C(/C=C/N(CC)CC)=C(Cl)C1=O)CC. The third-order valence-electron chi connectivity index (χ3n) is 3.89. The predicted octanol–water partition coefficient (Wildman–Crippen LogP) is 3.84. The van der Waals surface area contributed by atoms with Gasteiger partial charge >= 0.3 is 0 Å². The molecule has 0 N–H and O–H groups in total. The van der Waals surface area contributed by atoms with Gasteiger partial charge in [-0.25, -0.2) is 0 Å².